The number of nitrogens with zero attached hydrogens (tertiary/aromatic N) is 3. The first-order chi connectivity index (χ1) is 11.5. The molecule has 1 aromatic carbocycles. The van der Waals surface area contributed by atoms with Gasteiger partial charge in [0.2, 0.25) is 0 Å². The Balaban J connectivity index is 2.36. The highest BCUT2D eigenvalue weighted by Gasteiger charge is 2.47. The summed E-state index contributed by atoms with van der Waals surface area (Å²) in [6, 6.07) is 3.25. The standard InChI is InChI=1S/C12H10F3N5O4S/c13-12(14,15)25(23,24)7-1-2-8(9(5-7)20(21)22)18-6-11-17-4-3-10(16)19-11/h1-5,18H,6H2,(H2,16,17,19). The Morgan fingerprint density at radius 2 is 1.96 bits per heavy atom. The molecule has 3 N–H and O–H groups in total. The van der Waals surface area contributed by atoms with Crippen molar-refractivity contribution in [2.75, 3.05) is 11.1 Å². The number of hydrogen-bond acceptors (Lipinski definition) is 8. The Bertz CT molecular complexity index is 917. The molecule has 13 heteroatoms. The van der Waals surface area contributed by atoms with Gasteiger partial charge in [0.05, 0.1) is 16.4 Å². The molecule has 9 nitrogen and oxygen atoms in total. The van der Waals surface area contributed by atoms with Crippen LogP contribution in [0.2, 0.25) is 0 Å². The van der Waals surface area contributed by atoms with Crippen LogP contribution >= 0.6 is 0 Å². The summed E-state index contributed by atoms with van der Waals surface area (Å²) in [6.07, 6.45) is 1.35. The van der Waals surface area contributed by atoms with Crippen LogP contribution in [0.1, 0.15) is 5.82 Å². The predicted molar refractivity (Wildman–Crippen MR) is 80.1 cm³/mol. The molecule has 25 heavy (non-hydrogen) atoms. The van der Waals surface area contributed by atoms with Crippen molar-refractivity contribution < 1.29 is 26.5 Å². The largest absolute Gasteiger partial charge is 0.501 e. The van der Waals surface area contributed by atoms with Crippen LogP contribution in [0.5, 0.6) is 0 Å². The lowest BCUT2D eigenvalue weighted by atomic mass is 10.2. The van der Waals surface area contributed by atoms with E-state index < -0.39 is 30.9 Å². The van der Waals surface area contributed by atoms with E-state index in [1.807, 2.05) is 0 Å². The monoisotopic (exact) mass is 377 g/mol. The highest BCUT2D eigenvalue weighted by Crippen LogP contribution is 2.34. The van der Waals surface area contributed by atoms with E-state index in [2.05, 4.69) is 15.3 Å². The fraction of sp³-hybridized carbons (Fsp3) is 0.167. The number of nitro benzene ring substituents is 1. The van der Waals surface area contributed by atoms with Crippen LogP contribution in [0.4, 0.5) is 30.4 Å². The molecule has 0 bridgehead atoms. The van der Waals surface area contributed by atoms with Gasteiger partial charge in [0, 0.05) is 12.3 Å². The van der Waals surface area contributed by atoms with Crippen molar-refractivity contribution in [3.05, 3.63) is 46.4 Å². The first-order valence-electron chi connectivity index (χ1n) is 6.43. The van der Waals surface area contributed by atoms with Crippen LogP contribution in [0.25, 0.3) is 0 Å². The molecule has 0 amide bonds. The molecule has 0 saturated heterocycles. The normalized spacial score (nSPS) is 12.0. The number of rotatable bonds is 5. The number of nitrogens with two attached hydrogens (primary N) is 1. The molecule has 0 atom stereocenters. The number of aromatic nitrogens is 2. The third kappa shape index (κ3) is 3.93. The molecule has 0 spiro atoms. The van der Waals surface area contributed by atoms with Gasteiger partial charge in [-0.05, 0) is 18.2 Å². The quantitative estimate of drug-likeness (QED) is 0.594. The number of alkyl halides is 3. The molecule has 0 saturated carbocycles. The first-order valence-corrected chi connectivity index (χ1v) is 7.92. The zero-order chi connectivity index (χ0) is 18.8. The van der Waals surface area contributed by atoms with Gasteiger partial charge in [-0.2, -0.15) is 13.2 Å². The van der Waals surface area contributed by atoms with Gasteiger partial charge in [-0.1, -0.05) is 0 Å². The number of hydrogen-bond donors (Lipinski definition) is 2. The SMILES string of the molecule is Nc1ccnc(CNc2ccc(S(=O)(=O)C(F)(F)F)cc2[N+](=O)[O-])n1. The van der Waals surface area contributed by atoms with Crippen molar-refractivity contribution in [1.29, 1.82) is 0 Å². The molecular formula is C12H10F3N5O4S. The second-order valence-electron chi connectivity index (χ2n) is 4.64. The number of anilines is 2. The van der Waals surface area contributed by atoms with E-state index in [9.17, 15) is 31.7 Å². The Labute approximate surface area is 138 Å². The maximum atomic E-state index is 12.6. The minimum Gasteiger partial charge on any atom is -0.384 e. The lowest BCUT2D eigenvalue weighted by molar-refractivity contribution is -0.384. The zero-order valence-corrected chi connectivity index (χ0v) is 13.0. The van der Waals surface area contributed by atoms with Gasteiger partial charge in [-0.25, -0.2) is 18.4 Å². The van der Waals surface area contributed by atoms with Gasteiger partial charge in [0.15, 0.2) is 0 Å². The van der Waals surface area contributed by atoms with E-state index in [0.29, 0.717) is 12.1 Å². The highest BCUT2D eigenvalue weighted by molar-refractivity contribution is 7.92. The number of nitro groups is 1. The number of benzene rings is 1. The van der Waals surface area contributed by atoms with Crippen LogP contribution in [0, 0.1) is 10.1 Å². The first kappa shape index (κ1) is 18.4. The van der Waals surface area contributed by atoms with Gasteiger partial charge >= 0.3 is 5.51 Å². The Morgan fingerprint density at radius 1 is 1.28 bits per heavy atom. The molecule has 1 heterocycles. The van der Waals surface area contributed by atoms with E-state index in [1.165, 1.54) is 12.3 Å². The number of sulfone groups is 1. The van der Waals surface area contributed by atoms with Crippen LogP contribution in [0.3, 0.4) is 0 Å². The van der Waals surface area contributed by atoms with Gasteiger partial charge in [-0.15, -0.1) is 0 Å². The van der Waals surface area contributed by atoms with Gasteiger partial charge in [0.1, 0.15) is 17.3 Å². The van der Waals surface area contributed by atoms with E-state index in [-0.39, 0.29) is 23.9 Å². The summed E-state index contributed by atoms with van der Waals surface area (Å²) in [5.41, 5.74) is -1.15. The molecule has 0 aliphatic rings. The van der Waals surface area contributed by atoms with Crippen molar-refractivity contribution in [2.24, 2.45) is 0 Å². The zero-order valence-electron chi connectivity index (χ0n) is 12.2. The number of halogens is 3. The van der Waals surface area contributed by atoms with Gasteiger partial charge in [0.25, 0.3) is 15.5 Å². The molecule has 1 aromatic heterocycles. The van der Waals surface area contributed by atoms with Crippen LogP contribution < -0.4 is 11.1 Å². The number of nitrogens with one attached hydrogen (secondary N) is 1. The summed E-state index contributed by atoms with van der Waals surface area (Å²) >= 11 is 0. The van der Waals surface area contributed by atoms with E-state index in [0.717, 1.165) is 6.07 Å². The molecule has 0 unspecified atom stereocenters. The molecule has 0 fully saturated rings. The summed E-state index contributed by atoms with van der Waals surface area (Å²) < 4.78 is 60.4. The fourth-order valence-corrected chi connectivity index (χ4v) is 2.57. The van der Waals surface area contributed by atoms with Crippen molar-refractivity contribution in [3.63, 3.8) is 0 Å². The third-order valence-electron chi connectivity index (χ3n) is 2.94. The van der Waals surface area contributed by atoms with Gasteiger partial charge < -0.3 is 11.1 Å². The lowest BCUT2D eigenvalue weighted by Gasteiger charge is -2.10. The summed E-state index contributed by atoms with van der Waals surface area (Å²) in [5, 5.41) is 13.6. The van der Waals surface area contributed by atoms with Crippen molar-refractivity contribution in [3.8, 4) is 0 Å². The van der Waals surface area contributed by atoms with Crippen LogP contribution in [0.15, 0.2) is 35.4 Å². The average molecular weight is 377 g/mol. The smallest absolute Gasteiger partial charge is 0.384 e. The molecule has 2 aromatic rings. The highest BCUT2D eigenvalue weighted by atomic mass is 32.2. The molecule has 0 aliphatic carbocycles. The van der Waals surface area contributed by atoms with Crippen molar-refractivity contribution >= 4 is 27.0 Å². The molecule has 0 aliphatic heterocycles. The summed E-state index contributed by atoms with van der Waals surface area (Å²) in [7, 11) is -5.70. The van der Waals surface area contributed by atoms with E-state index in [4.69, 9.17) is 5.73 Å². The molecule has 0 radical (unpaired) electrons. The minimum absolute atomic E-state index is 0.114. The Morgan fingerprint density at radius 3 is 2.52 bits per heavy atom. The number of nitrogen functional groups attached to an aromatic ring is 1. The van der Waals surface area contributed by atoms with E-state index in [1.54, 1.807) is 0 Å². The molecule has 2 rings (SSSR count). The minimum atomic E-state index is -5.70. The summed E-state index contributed by atoms with van der Waals surface area (Å²) in [4.78, 5) is 16.5. The Hall–Kier alpha value is -2.96. The maximum absolute atomic E-state index is 12.6. The second-order valence-corrected chi connectivity index (χ2v) is 6.58. The maximum Gasteiger partial charge on any atom is 0.501 e. The topological polar surface area (TPSA) is 141 Å². The van der Waals surface area contributed by atoms with Gasteiger partial charge in [-0.3, -0.25) is 10.1 Å². The second kappa shape index (κ2) is 6.51. The molecular weight excluding hydrogens is 367 g/mol. The predicted octanol–water partition coefficient (Wildman–Crippen LogP) is 1.87. The third-order valence-corrected chi connectivity index (χ3v) is 4.43. The Kier molecular flexibility index (Phi) is 4.78. The fourth-order valence-electron chi connectivity index (χ4n) is 1.79. The summed E-state index contributed by atoms with van der Waals surface area (Å²) in [5.74, 6) is 0.342. The van der Waals surface area contributed by atoms with Crippen LogP contribution in [-0.4, -0.2) is 28.8 Å². The lowest BCUT2D eigenvalue weighted by Crippen LogP contribution is -2.23. The van der Waals surface area contributed by atoms with Crippen molar-refractivity contribution in [1.82, 2.24) is 9.97 Å². The van der Waals surface area contributed by atoms with Crippen LogP contribution in [-0.2, 0) is 16.4 Å². The van der Waals surface area contributed by atoms with E-state index >= 15 is 0 Å². The van der Waals surface area contributed by atoms with Crippen molar-refractivity contribution in [2.45, 2.75) is 16.9 Å². The average Bonchev–Trinajstić information content (AvgIpc) is 2.51. The summed E-state index contributed by atoms with van der Waals surface area (Å²) in [6.45, 7) is -0.114. The molecule has 134 valence electrons.